The van der Waals surface area contributed by atoms with Gasteiger partial charge in [0.05, 0.1) is 5.75 Å². The number of piperidine rings is 1. The SMILES string of the molecule is O=S(=O)(CC1CCCNC1)NCC1CCC1. The van der Waals surface area contributed by atoms with Gasteiger partial charge in [-0.3, -0.25) is 0 Å². The third kappa shape index (κ3) is 3.71. The van der Waals surface area contributed by atoms with Crippen LogP contribution >= 0.6 is 0 Å². The Morgan fingerprint density at radius 1 is 1.12 bits per heavy atom. The molecule has 1 heterocycles. The second-order valence-corrected chi connectivity index (χ2v) is 6.99. The van der Waals surface area contributed by atoms with Gasteiger partial charge < -0.3 is 5.32 Å². The summed E-state index contributed by atoms with van der Waals surface area (Å²) in [5, 5.41) is 3.25. The fraction of sp³-hybridized carbons (Fsp3) is 1.00. The van der Waals surface area contributed by atoms with E-state index in [0.717, 1.165) is 25.9 Å². The summed E-state index contributed by atoms with van der Waals surface area (Å²) in [6.45, 7) is 2.54. The molecule has 0 spiro atoms. The molecule has 0 aromatic rings. The molecule has 2 aliphatic rings. The Hall–Kier alpha value is -0.130. The molecule has 1 unspecified atom stereocenters. The standard InChI is InChI=1S/C11H22N2O2S/c14-16(15,13-8-10-3-1-4-10)9-11-5-2-6-12-7-11/h10-13H,1-9H2. The molecule has 0 radical (unpaired) electrons. The van der Waals surface area contributed by atoms with Crippen LogP contribution in [0.25, 0.3) is 0 Å². The van der Waals surface area contributed by atoms with E-state index in [1.54, 1.807) is 0 Å². The minimum atomic E-state index is -3.04. The highest BCUT2D eigenvalue weighted by Crippen LogP contribution is 2.25. The van der Waals surface area contributed by atoms with Crippen LogP contribution in [-0.4, -0.2) is 33.8 Å². The first kappa shape index (κ1) is 12.3. The summed E-state index contributed by atoms with van der Waals surface area (Å²) in [6.07, 6.45) is 5.78. The second kappa shape index (κ2) is 5.47. The lowest BCUT2D eigenvalue weighted by Gasteiger charge is -2.26. The lowest BCUT2D eigenvalue weighted by molar-refractivity contribution is 0.315. The molecule has 1 saturated carbocycles. The summed E-state index contributed by atoms with van der Waals surface area (Å²) in [5.74, 6) is 1.19. The van der Waals surface area contributed by atoms with E-state index < -0.39 is 10.0 Å². The average Bonchev–Trinajstić information content (AvgIpc) is 2.15. The summed E-state index contributed by atoms with van der Waals surface area (Å²) < 4.78 is 26.4. The van der Waals surface area contributed by atoms with Gasteiger partial charge in [-0.15, -0.1) is 0 Å². The first-order valence-corrected chi connectivity index (χ1v) is 7.99. The zero-order chi connectivity index (χ0) is 11.4. The topological polar surface area (TPSA) is 58.2 Å². The van der Waals surface area contributed by atoms with Gasteiger partial charge in [-0.2, -0.15) is 0 Å². The minimum absolute atomic E-state index is 0.298. The van der Waals surface area contributed by atoms with Crippen molar-refractivity contribution in [3.63, 3.8) is 0 Å². The van der Waals surface area contributed by atoms with Crippen molar-refractivity contribution in [2.24, 2.45) is 11.8 Å². The largest absolute Gasteiger partial charge is 0.316 e. The van der Waals surface area contributed by atoms with E-state index in [9.17, 15) is 8.42 Å². The summed E-state index contributed by atoms with van der Waals surface area (Å²) in [5.41, 5.74) is 0. The van der Waals surface area contributed by atoms with Crippen LogP contribution in [0.4, 0.5) is 0 Å². The zero-order valence-corrected chi connectivity index (χ0v) is 10.6. The maximum absolute atomic E-state index is 11.8. The fourth-order valence-electron chi connectivity index (χ4n) is 2.38. The van der Waals surface area contributed by atoms with Crippen molar-refractivity contribution in [3.05, 3.63) is 0 Å². The maximum atomic E-state index is 11.8. The Labute approximate surface area is 98.2 Å². The van der Waals surface area contributed by atoms with Crippen LogP contribution in [0, 0.1) is 11.8 Å². The Morgan fingerprint density at radius 2 is 1.88 bits per heavy atom. The van der Waals surface area contributed by atoms with Crippen molar-refractivity contribution in [2.75, 3.05) is 25.4 Å². The Kier molecular flexibility index (Phi) is 4.21. The summed E-state index contributed by atoms with van der Waals surface area (Å²) >= 11 is 0. The molecule has 2 fully saturated rings. The van der Waals surface area contributed by atoms with Crippen molar-refractivity contribution in [2.45, 2.75) is 32.1 Å². The van der Waals surface area contributed by atoms with Gasteiger partial charge in [0, 0.05) is 6.54 Å². The molecule has 16 heavy (non-hydrogen) atoms. The highest BCUT2D eigenvalue weighted by molar-refractivity contribution is 7.89. The normalized spacial score (nSPS) is 27.6. The highest BCUT2D eigenvalue weighted by Gasteiger charge is 2.23. The maximum Gasteiger partial charge on any atom is 0.211 e. The smallest absolute Gasteiger partial charge is 0.211 e. The third-order valence-electron chi connectivity index (χ3n) is 3.67. The molecule has 1 atom stereocenters. The molecular weight excluding hydrogens is 224 g/mol. The van der Waals surface area contributed by atoms with Gasteiger partial charge in [-0.1, -0.05) is 6.42 Å². The molecule has 0 aromatic heterocycles. The van der Waals surface area contributed by atoms with Crippen molar-refractivity contribution in [3.8, 4) is 0 Å². The summed E-state index contributed by atoms with van der Waals surface area (Å²) in [7, 11) is -3.04. The Bertz CT molecular complexity index is 306. The lowest BCUT2D eigenvalue weighted by atomic mass is 9.86. The van der Waals surface area contributed by atoms with Crippen LogP contribution in [0.2, 0.25) is 0 Å². The summed E-state index contributed by atoms with van der Waals surface area (Å²) in [6, 6.07) is 0. The van der Waals surface area contributed by atoms with Crippen LogP contribution < -0.4 is 10.0 Å². The monoisotopic (exact) mass is 246 g/mol. The van der Waals surface area contributed by atoms with E-state index in [4.69, 9.17) is 0 Å². The third-order valence-corrected chi connectivity index (χ3v) is 5.19. The molecule has 2 N–H and O–H groups in total. The van der Waals surface area contributed by atoms with Crippen molar-refractivity contribution >= 4 is 10.0 Å². The van der Waals surface area contributed by atoms with Gasteiger partial charge >= 0.3 is 0 Å². The molecule has 0 amide bonds. The summed E-state index contributed by atoms with van der Waals surface area (Å²) in [4.78, 5) is 0. The molecule has 4 nitrogen and oxygen atoms in total. The van der Waals surface area contributed by atoms with Crippen LogP contribution in [-0.2, 0) is 10.0 Å². The Balaban J connectivity index is 1.72. The predicted molar refractivity (Wildman–Crippen MR) is 64.7 cm³/mol. The molecule has 1 aliphatic carbocycles. The van der Waals surface area contributed by atoms with Crippen molar-refractivity contribution in [1.82, 2.24) is 10.0 Å². The van der Waals surface area contributed by atoms with Gasteiger partial charge in [-0.25, -0.2) is 13.1 Å². The molecule has 0 bridgehead atoms. The number of rotatable bonds is 5. The fourth-order valence-corrected chi connectivity index (χ4v) is 3.89. The van der Waals surface area contributed by atoms with Crippen LogP contribution in [0.1, 0.15) is 32.1 Å². The van der Waals surface area contributed by atoms with Crippen molar-refractivity contribution in [1.29, 1.82) is 0 Å². The van der Waals surface area contributed by atoms with E-state index in [0.29, 0.717) is 24.1 Å². The van der Waals surface area contributed by atoms with Gasteiger partial charge in [0.2, 0.25) is 10.0 Å². The zero-order valence-electron chi connectivity index (χ0n) is 9.74. The van der Waals surface area contributed by atoms with Gasteiger partial charge in [0.15, 0.2) is 0 Å². The van der Waals surface area contributed by atoms with E-state index in [-0.39, 0.29) is 0 Å². The van der Waals surface area contributed by atoms with E-state index >= 15 is 0 Å². The van der Waals surface area contributed by atoms with Gasteiger partial charge in [-0.05, 0) is 50.6 Å². The number of hydrogen-bond donors (Lipinski definition) is 2. The lowest BCUT2D eigenvalue weighted by Crippen LogP contribution is -2.39. The second-order valence-electron chi connectivity index (χ2n) is 5.14. The van der Waals surface area contributed by atoms with Crippen LogP contribution in [0.5, 0.6) is 0 Å². The van der Waals surface area contributed by atoms with E-state index in [1.165, 1.54) is 19.3 Å². The molecular formula is C11H22N2O2S. The van der Waals surface area contributed by atoms with Crippen LogP contribution in [0.15, 0.2) is 0 Å². The molecule has 1 aliphatic heterocycles. The van der Waals surface area contributed by atoms with Crippen molar-refractivity contribution < 1.29 is 8.42 Å². The first-order valence-electron chi connectivity index (χ1n) is 6.34. The molecule has 5 heteroatoms. The predicted octanol–water partition coefficient (Wildman–Crippen LogP) is 0.706. The van der Waals surface area contributed by atoms with Gasteiger partial charge in [0.25, 0.3) is 0 Å². The van der Waals surface area contributed by atoms with Gasteiger partial charge in [0.1, 0.15) is 0 Å². The molecule has 2 rings (SSSR count). The first-order chi connectivity index (χ1) is 7.66. The highest BCUT2D eigenvalue weighted by atomic mass is 32.2. The quantitative estimate of drug-likeness (QED) is 0.751. The number of sulfonamides is 1. The minimum Gasteiger partial charge on any atom is -0.316 e. The van der Waals surface area contributed by atoms with E-state index in [2.05, 4.69) is 10.0 Å². The van der Waals surface area contributed by atoms with Crippen LogP contribution in [0.3, 0.4) is 0 Å². The number of hydrogen-bond acceptors (Lipinski definition) is 3. The van der Waals surface area contributed by atoms with E-state index in [1.807, 2.05) is 0 Å². The molecule has 1 saturated heterocycles. The average molecular weight is 246 g/mol. The number of nitrogens with one attached hydrogen (secondary N) is 2. The Morgan fingerprint density at radius 3 is 2.44 bits per heavy atom. The molecule has 94 valence electrons. The molecule has 0 aromatic carbocycles.